The largest absolute Gasteiger partial charge is 0.494 e. The fourth-order valence-electron chi connectivity index (χ4n) is 2.64. The predicted molar refractivity (Wildman–Crippen MR) is 85.1 cm³/mol. The number of nitrogens with one attached hydrogen (secondary N) is 1. The normalized spacial score (nSPS) is 14.1. The van der Waals surface area contributed by atoms with Gasteiger partial charge in [-0.15, -0.1) is 0 Å². The monoisotopic (exact) mass is 295 g/mol. The van der Waals surface area contributed by atoms with Gasteiger partial charge in [0.25, 0.3) is 0 Å². The van der Waals surface area contributed by atoms with E-state index >= 15 is 0 Å². The summed E-state index contributed by atoms with van der Waals surface area (Å²) in [6, 6.07) is 7.93. The van der Waals surface area contributed by atoms with Gasteiger partial charge in [0, 0.05) is 24.5 Å². The van der Waals surface area contributed by atoms with Gasteiger partial charge in [0.1, 0.15) is 23.6 Å². The fourth-order valence-corrected chi connectivity index (χ4v) is 2.64. The molecule has 0 saturated carbocycles. The first-order chi connectivity index (χ1) is 10.8. The SMILES string of the molecule is CCOc1ccc2[nH]nc(-c3cc(N4CCC4)ncn3)c2c1. The highest BCUT2D eigenvalue weighted by Crippen LogP contribution is 2.30. The summed E-state index contributed by atoms with van der Waals surface area (Å²) < 4.78 is 5.58. The molecule has 1 fully saturated rings. The number of hydrogen-bond donors (Lipinski definition) is 1. The van der Waals surface area contributed by atoms with Crippen LogP contribution in [0.5, 0.6) is 5.75 Å². The predicted octanol–water partition coefficient (Wildman–Crippen LogP) is 2.63. The van der Waals surface area contributed by atoms with Gasteiger partial charge in [-0.25, -0.2) is 9.97 Å². The van der Waals surface area contributed by atoms with Crippen molar-refractivity contribution in [3.8, 4) is 17.1 Å². The minimum atomic E-state index is 0.644. The molecular weight excluding hydrogens is 278 g/mol. The van der Waals surface area contributed by atoms with E-state index in [9.17, 15) is 0 Å². The van der Waals surface area contributed by atoms with Crippen LogP contribution in [0.4, 0.5) is 5.82 Å². The molecule has 3 aromatic rings. The molecule has 6 heteroatoms. The van der Waals surface area contributed by atoms with E-state index in [0.29, 0.717) is 6.61 Å². The van der Waals surface area contributed by atoms with Crippen LogP contribution in [0.25, 0.3) is 22.3 Å². The third kappa shape index (κ3) is 2.16. The van der Waals surface area contributed by atoms with Crippen molar-refractivity contribution in [3.05, 3.63) is 30.6 Å². The maximum atomic E-state index is 5.58. The first kappa shape index (κ1) is 13.1. The quantitative estimate of drug-likeness (QED) is 0.801. The van der Waals surface area contributed by atoms with Crippen LogP contribution < -0.4 is 9.64 Å². The van der Waals surface area contributed by atoms with Crippen molar-refractivity contribution in [1.82, 2.24) is 20.2 Å². The third-order valence-electron chi connectivity index (χ3n) is 3.92. The van der Waals surface area contributed by atoms with Crippen LogP contribution in [-0.4, -0.2) is 39.9 Å². The van der Waals surface area contributed by atoms with Gasteiger partial charge in [0.05, 0.1) is 17.8 Å². The van der Waals surface area contributed by atoms with Crippen molar-refractivity contribution in [2.24, 2.45) is 0 Å². The molecule has 1 aliphatic rings. The molecule has 1 aliphatic heterocycles. The van der Waals surface area contributed by atoms with E-state index in [1.165, 1.54) is 6.42 Å². The lowest BCUT2D eigenvalue weighted by Crippen LogP contribution is -2.37. The van der Waals surface area contributed by atoms with Crippen molar-refractivity contribution in [2.75, 3.05) is 24.6 Å². The summed E-state index contributed by atoms with van der Waals surface area (Å²) in [6.45, 7) is 4.74. The van der Waals surface area contributed by atoms with Crippen molar-refractivity contribution >= 4 is 16.7 Å². The van der Waals surface area contributed by atoms with Gasteiger partial charge in [-0.3, -0.25) is 5.10 Å². The molecule has 0 spiro atoms. The number of ether oxygens (including phenoxy) is 1. The summed E-state index contributed by atoms with van der Waals surface area (Å²) in [5, 5.41) is 8.49. The number of anilines is 1. The van der Waals surface area contributed by atoms with E-state index < -0.39 is 0 Å². The molecule has 0 atom stereocenters. The maximum absolute atomic E-state index is 5.58. The Hall–Kier alpha value is -2.63. The number of hydrogen-bond acceptors (Lipinski definition) is 5. The second-order valence-corrected chi connectivity index (χ2v) is 5.31. The van der Waals surface area contributed by atoms with Crippen LogP contribution in [0.1, 0.15) is 13.3 Å². The zero-order chi connectivity index (χ0) is 14.9. The third-order valence-corrected chi connectivity index (χ3v) is 3.92. The smallest absolute Gasteiger partial charge is 0.132 e. The molecule has 0 radical (unpaired) electrons. The molecule has 1 N–H and O–H groups in total. The lowest BCUT2D eigenvalue weighted by atomic mass is 10.1. The van der Waals surface area contributed by atoms with Gasteiger partial charge in [-0.05, 0) is 31.5 Å². The number of nitrogens with zero attached hydrogens (tertiary/aromatic N) is 4. The number of fused-ring (bicyclic) bond motifs is 1. The molecule has 1 aromatic carbocycles. The van der Waals surface area contributed by atoms with Crippen molar-refractivity contribution in [2.45, 2.75) is 13.3 Å². The number of aromatic nitrogens is 4. The van der Waals surface area contributed by atoms with Crippen molar-refractivity contribution in [3.63, 3.8) is 0 Å². The maximum Gasteiger partial charge on any atom is 0.132 e. The number of rotatable bonds is 4. The van der Waals surface area contributed by atoms with E-state index in [-0.39, 0.29) is 0 Å². The van der Waals surface area contributed by atoms with E-state index in [2.05, 4.69) is 25.1 Å². The lowest BCUT2D eigenvalue weighted by Gasteiger charge is -2.31. The topological polar surface area (TPSA) is 66.9 Å². The van der Waals surface area contributed by atoms with Crippen LogP contribution in [0.15, 0.2) is 30.6 Å². The standard InChI is InChI=1S/C16H17N5O/c1-2-22-11-4-5-13-12(8-11)16(20-19-13)14-9-15(18-10-17-14)21-6-3-7-21/h4-5,8-10H,2-3,6-7H2,1H3,(H,19,20). The highest BCUT2D eigenvalue weighted by Gasteiger charge is 2.18. The molecule has 3 heterocycles. The number of benzene rings is 1. The molecule has 112 valence electrons. The Balaban J connectivity index is 1.78. The molecule has 0 bridgehead atoms. The van der Waals surface area contributed by atoms with Crippen molar-refractivity contribution in [1.29, 1.82) is 0 Å². The van der Waals surface area contributed by atoms with Crippen LogP contribution in [0.3, 0.4) is 0 Å². The van der Waals surface area contributed by atoms with E-state index in [1.807, 2.05) is 31.2 Å². The summed E-state index contributed by atoms with van der Waals surface area (Å²) in [6.07, 6.45) is 2.83. The average Bonchev–Trinajstić information content (AvgIpc) is 2.89. The summed E-state index contributed by atoms with van der Waals surface area (Å²) in [4.78, 5) is 11.0. The van der Waals surface area contributed by atoms with E-state index in [4.69, 9.17) is 4.74 Å². The summed E-state index contributed by atoms with van der Waals surface area (Å²) >= 11 is 0. The molecular formula is C16H17N5O. The minimum absolute atomic E-state index is 0.644. The zero-order valence-electron chi connectivity index (χ0n) is 12.4. The molecule has 1 saturated heterocycles. The summed E-state index contributed by atoms with van der Waals surface area (Å²) in [5.74, 6) is 1.81. The second kappa shape index (κ2) is 5.29. The molecule has 0 aliphatic carbocycles. The molecule has 6 nitrogen and oxygen atoms in total. The van der Waals surface area contributed by atoms with Gasteiger partial charge < -0.3 is 9.64 Å². The fraction of sp³-hybridized carbons (Fsp3) is 0.312. The van der Waals surface area contributed by atoms with Gasteiger partial charge in [0.15, 0.2) is 0 Å². The van der Waals surface area contributed by atoms with Crippen LogP contribution in [0, 0.1) is 0 Å². The molecule has 0 amide bonds. The Morgan fingerprint density at radius 2 is 2.14 bits per heavy atom. The first-order valence-corrected chi connectivity index (χ1v) is 7.53. The Bertz CT molecular complexity index is 809. The van der Waals surface area contributed by atoms with Gasteiger partial charge in [-0.1, -0.05) is 0 Å². The Morgan fingerprint density at radius 3 is 2.91 bits per heavy atom. The summed E-state index contributed by atoms with van der Waals surface area (Å²) in [5.41, 5.74) is 2.64. The second-order valence-electron chi connectivity index (χ2n) is 5.31. The first-order valence-electron chi connectivity index (χ1n) is 7.53. The molecule has 22 heavy (non-hydrogen) atoms. The number of aromatic amines is 1. The van der Waals surface area contributed by atoms with E-state index in [1.54, 1.807) is 6.33 Å². The molecule has 4 rings (SSSR count). The van der Waals surface area contributed by atoms with Crippen LogP contribution in [-0.2, 0) is 0 Å². The lowest BCUT2D eigenvalue weighted by molar-refractivity contribution is 0.341. The number of H-pyrrole nitrogens is 1. The Labute approximate surface area is 128 Å². The van der Waals surface area contributed by atoms with Gasteiger partial charge >= 0.3 is 0 Å². The van der Waals surface area contributed by atoms with E-state index in [0.717, 1.165) is 46.9 Å². The van der Waals surface area contributed by atoms with Gasteiger partial charge in [0.2, 0.25) is 0 Å². The van der Waals surface area contributed by atoms with Crippen molar-refractivity contribution < 1.29 is 4.74 Å². The average molecular weight is 295 g/mol. The highest BCUT2D eigenvalue weighted by molar-refractivity contribution is 5.93. The minimum Gasteiger partial charge on any atom is -0.494 e. The highest BCUT2D eigenvalue weighted by atomic mass is 16.5. The molecule has 0 unspecified atom stereocenters. The summed E-state index contributed by atoms with van der Waals surface area (Å²) in [7, 11) is 0. The zero-order valence-corrected chi connectivity index (χ0v) is 12.4. The molecule has 2 aromatic heterocycles. The Morgan fingerprint density at radius 1 is 1.23 bits per heavy atom. The van der Waals surface area contributed by atoms with Crippen LogP contribution in [0.2, 0.25) is 0 Å². The van der Waals surface area contributed by atoms with Gasteiger partial charge in [-0.2, -0.15) is 5.10 Å². The van der Waals surface area contributed by atoms with Crippen LogP contribution >= 0.6 is 0 Å². The Kier molecular flexibility index (Phi) is 3.14.